The molecule has 0 bridgehead atoms. The van der Waals surface area contributed by atoms with E-state index in [-0.39, 0.29) is 10.9 Å². The molecule has 1 heterocycles. The van der Waals surface area contributed by atoms with Gasteiger partial charge in [0.1, 0.15) is 5.75 Å². The van der Waals surface area contributed by atoms with Gasteiger partial charge in [0.15, 0.2) is 0 Å². The van der Waals surface area contributed by atoms with E-state index in [0.717, 1.165) is 23.9 Å². The Labute approximate surface area is 153 Å². The molecule has 1 aliphatic rings. The highest BCUT2D eigenvalue weighted by molar-refractivity contribution is 7.89. The average Bonchev–Trinajstić information content (AvgIpc) is 2.99. The number of fused-ring (bicyclic) bond motifs is 3. The predicted molar refractivity (Wildman–Crippen MR) is 102 cm³/mol. The molecule has 2 aromatic carbocycles. The summed E-state index contributed by atoms with van der Waals surface area (Å²) < 4.78 is 33.7. The van der Waals surface area contributed by atoms with Gasteiger partial charge in [-0.1, -0.05) is 18.2 Å². The van der Waals surface area contributed by atoms with E-state index in [1.54, 1.807) is 25.3 Å². The second-order valence-corrected chi connectivity index (χ2v) is 8.53. The quantitative estimate of drug-likeness (QED) is 0.740. The molecule has 4 rings (SSSR count). The van der Waals surface area contributed by atoms with Crippen molar-refractivity contribution in [2.24, 2.45) is 0 Å². The van der Waals surface area contributed by atoms with Crippen molar-refractivity contribution >= 4 is 20.9 Å². The number of para-hydroxylation sites is 1. The Morgan fingerprint density at radius 2 is 2.00 bits per heavy atom. The van der Waals surface area contributed by atoms with Gasteiger partial charge in [0, 0.05) is 22.6 Å². The average molecular weight is 370 g/mol. The highest BCUT2D eigenvalue weighted by Gasteiger charge is 2.27. The number of rotatable bonds is 4. The monoisotopic (exact) mass is 370 g/mol. The van der Waals surface area contributed by atoms with Gasteiger partial charge in [-0.25, -0.2) is 13.1 Å². The number of aryl methyl sites for hydroxylation is 2. The number of methoxy groups -OCH3 is 1. The molecule has 0 fully saturated rings. The Balaban J connectivity index is 1.58. The predicted octanol–water partition coefficient (Wildman–Crippen LogP) is 3.32. The SMILES string of the molecule is COc1ccc(S(=O)(=O)NC2CCc3[nH]c4ccccc4c3C2)cc1C. The summed E-state index contributed by atoms with van der Waals surface area (Å²) >= 11 is 0. The molecule has 1 atom stereocenters. The van der Waals surface area contributed by atoms with Crippen LogP contribution < -0.4 is 9.46 Å². The van der Waals surface area contributed by atoms with Crippen LogP contribution in [0.25, 0.3) is 10.9 Å². The molecule has 136 valence electrons. The molecule has 2 N–H and O–H groups in total. The second-order valence-electron chi connectivity index (χ2n) is 6.82. The lowest BCUT2D eigenvalue weighted by atomic mass is 9.92. The van der Waals surface area contributed by atoms with Crippen LogP contribution >= 0.6 is 0 Å². The summed E-state index contributed by atoms with van der Waals surface area (Å²) in [4.78, 5) is 3.74. The zero-order chi connectivity index (χ0) is 18.3. The van der Waals surface area contributed by atoms with Crippen LogP contribution in [-0.2, 0) is 22.9 Å². The van der Waals surface area contributed by atoms with Crippen LogP contribution in [0.1, 0.15) is 23.2 Å². The molecule has 0 spiro atoms. The van der Waals surface area contributed by atoms with Gasteiger partial charge in [0.25, 0.3) is 0 Å². The van der Waals surface area contributed by atoms with Crippen LogP contribution in [0.5, 0.6) is 5.75 Å². The topological polar surface area (TPSA) is 71.2 Å². The summed E-state index contributed by atoms with van der Waals surface area (Å²) in [6, 6.07) is 13.0. The molecule has 0 radical (unpaired) electrons. The molecule has 1 aliphatic carbocycles. The maximum atomic E-state index is 12.8. The lowest BCUT2D eigenvalue weighted by Crippen LogP contribution is -2.38. The number of nitrogens with one attached hydrogen (secondary N) is 2. The van der Waals surface area contributed by atoms with E-state index in [0.29, 0.717) is 12.2 Å². The fourth-order valence-corrected chi connectivity index (χ4v) is 5.13. The third kappa shape index (κ3) is 2.99. The molecule has 1 unspecified atom stereocenters. The van der Waals surface area contributed by atoms with Crippen LogP contribution in [0.4, 0.5) is 0 Å². The fourth-order valence-electron chi connectivity index (χ4n) is 3.78. The minimum Gasteiger partial charge on any atom is -0.496 e. The third-order valence-electron chi connectivity index (χ3n) is 5.09. The Kier molecular flexibility index (Phi) is 4.25. The van der Waals surface area contributed by atoms with Gasteiger partial charge in [-0.05, 0) is 61.6 Å². The molecule has 3 aromatic rings. The maximum absolute atomic E-state index is 12.8. The van der Waals surface area contributed by atoms with Crippen molar-refractivity contribution in [3.05, 3.63) is 59.3 Å². The molecule has 1 aromatic heterocycles. The minimum atomic E-state index is -3.56. The lowest BCUT2D eigenvalue weighted by molar-refractivity contribution is 0.411. The smallest absolute Gasteiger partial charge is 0.240 e. The normalized spacial score (nSPS) is 17.2. The first-order valence-electron chi connectivity index (χ1n) is 8.73. The molecular formula is C20H22N2O3S. The Hall–Kier alpha value is -2.31. The van der Waals surface area contributed by atoms with Crippen LogP contribution in [0.2, 0.25) is 0 Å². The van der Waals surface area contributed by atoms with Crippen molar-refractivity contribution in [1.82, 2.24) is 9.71 Å². The van der Waals surface area contributed by atoms with Gasteiger partial charge in [-0.3, -0.25) is 0 Å². The van der Waals surface area contributed by atoms with E-state index in [1.165, 1.54) is 16.6 Å². The van der Waals surface area contributed by atoms with Crippen molar-refractivity contribution in [1.29, 1.82) is 0 Å². The number of hydrogen-bond donors (Lipinski definition) is 2. The van der Waals surface area contributed by atoms with E-state index < -0.39 is 10.0 Å². The molecule has 26 heavy (non-hydrogen) atoms. The zero-order valence-electron chi connectivity index (χ0n) is 14.9. The van der Waals surface area contributed by atoms with E-state index in [1.807, 2.05) is 19.1 Å². The summed E-state index contributed by atoms with van der Waals surface area (Å²) in [6.07, 6.45) is 2.33. The van der Waals surface area contributed by atoms with E-state index in [4.69, 9.17) is 4.74 Å². The number of benzene rings is 2. The number of aromatic nitrogens is 1. The molecule has 0 amide bonds. The Bertz CT molecular complexity index is 1070. The van der Waals surface area contributed by atoms with Gasteiger partial charge >= 0.3 is 0 Å². The highest BCUT2D eigenvalue weighted by Crippen LogP contribution is 2.30. The van der Waals surface area contributed by atoms with E-state index in [2.05, 4.69) is 21.8 Å². The first-order valence-corrected chi connectivity index (χ1v) is 10.2. The van der Waals surface area contributed by atoms with Crippen molar-refractivity contribution in [3.63, 3.8) is 0 Å². The van der Waals surface area contributed by atoms with Gasteiger partial charge in [0.2, 0.25) is 10.0 Å². The molecule has 0 saturated carbocycles. The summed E-state index contributed by atoms with van der Waals surface area (Å²) in [5, 5.41) is 1.19. The first kappa shape index (κ1) is 17.1. The number of hydrogen-bond acceptors (Lipinski definition) is 3. The van der Waals surface area contributed by atoms with Crippen LogP contribution in [0, 0.1) is 6.92 Å². The van der Waals surface area contributed by atoms with Gasteiger partial charge in [-0.15, -0.1) is 0 Å². The lowest BCUT2D eigenvalue weighted by Gasteiger charge is -2.23. The second kappa shape index (κ2) is 6.45. The number of H-pyrrole nitrogens is 1. The maximum Gasteiger partial charge on any atom is 0.240 e. The van der Waals surface area contributed by atoms with Gasteiger partial charge in [-0.2, -0.15) is 0 Å². The van der Waals surface area contributed by atoms with Crippen molar-refractivity contribution in [2.45, 2.75) is 37.1 Å². The van der Waals surface area contributed by atoms with Gasteiger partial charge < -0.3 is 9.72 Å². The molecular weight excluding hydrogens is 348 g/mol. The minimum absolute atomic E-state index is 0.103. The molecule has 0 saturated heterocycles. The summed E-state index contributed by atoms with van der Waals surface area (Å²) in [6.45, 7) is 1.84. The van der Waals surface area contributed by atoms with Crippen molar-refractivity contribution in [3.8, 4) is 5.75 Å². The molecule has 5 nitrogen and oxygen atoms in total. The van der Waals surface area contributed by atoms with Gasteiger partial charge in [0.05, 0.1) is 12.0 Å². The van der Waals surface area contributed by atoms with Crippen molar-refractivity contribution < 1.29 is 13.2 Å². The number of aromatic amines is 1. The largest absolute Gasteiger partial charge is 0.496 e. The molecule has 6 heteroatoms. The summed E-state index contributed by atoms with van der Waals surface area (Å²) in [5.74, 6) is 0.685. The Morgan fingerprint density at radius 1 is 1.19 bits per heavy atom. The van der Waals surface area contributed by atoms with Crippen LogP contribution in [0.3, 0.4) is 0 Å². The summed E-state index contributed by atoms with van der Waals surface area (Å²) in [5.41, 5.74) is 4.37. The zero-order valence-corrected chi connectivity index (χ0v) is 15.7. The summed E-state index contributed by atoms with van der Waals surface area (Å²) in [7, 11) is -1.98. The van der Waals surface area contributed by atoms with Crippen LogP contribution in [-0.4, -0.2) is 26.6 Å². The Morgan fingerprint density at radius 3 is 2.77 bits per heavy atom. The molecule has 0 aliphatic heterocycles. The van der Waals surface area contributed by atoms with Crippen molar-refractivity contribution in [2.75, 3.05) is 7.11 Å². The van der Waals surface area contributed by atoms with E-state index >= 15 is 0 Å². The number of ether oxygens (including phenoxy) is 1. The third-order valence-corrected chi connectivity index (χ3v) is 6.61. The number of sulfonamides is 1. The first-order chi connectivity index (χ1) is 12.5. The van der Waals surface area contributed by atoms with E-state index in [9.17, 15) is 8.42 Å². The highest BCUT2D eigenvalue weighted by atomic mass is 32.2. The standard InChI is InChI=1S/C20H22N2O3S/c1-13-11-15(8-10-20(13)25-2)26(23,24)22-14-7-9-19-17(12-14)16-5-3-4-6-18(16)21-19/h3-6,8,10-11,14,21-22H,7,9,12H2,1-2H3. The van der Waals surface area contributed by atoms with Crippen LogP contribution in [0.15, 0.2) is 47.4 Å². The fraction of sp³-hybridized carbons (Fsp3) is 0.300.